The third-order valence-corrected chi connectivity index (χ3v) is 42.4. The van der Waals surface area contributed by atoms with Crippen molar-refractivity contribution in [2.45, 2.75) is 391 Å². The minimum absolute atomic E-state index is 0.0130. The van der Waals surface area contributed by atoms with Crippen LogP contribution in [-0.4, -0.2) is 167 Å². The van der Waals surface area contributed by atoms with E-state index in [1.54, 1.807) is 41.5 Å². The van der Waals surface area contributed by atoms with Crippen molar-refractivity contribution in [3.8, 4) is 0 Å². The summed E-state index contributed by atoms with van der Waals surface area (Å²) in [6.07, 6.45) is 24.0. The Morgan fingerprint density at radius 2 is 0.697 bits per heavy atom. The van der Waals surface area contributed by atoms with Crippen molar-refractivity contribution in [3.63, 3.8) is 0 Å². The average molecular weight is 2060 g/mol. The van der Waals surface area contributed by atoms with Crippen LogP contribution in [0.1, 0.15) is 319 Å². The molecule has 2 saturated heterocycles. The molecule has 18 aliphatic rings. The minimum atomic E-state index is -4.30. The summed E-state index contributed by atoms with van der Waals surface area (Å²) in [7, 11) is -11.4. The summed E-state index contributed by atoms with van der Waals surface area (Å²) < 4.78 is 138. The number of nitrogens with two attached hydrogens (primary N) is 1. The molecule has 16 bridgehead atoms. The maximum absolute atomic E-state index is 12.8. The van der Waals surface area contributed by atoms with Gasteiger partial charge in [0.1, 0.15) is 47.8 Å². The van der Waals surface area contributed by atoms with E-state index in [4.69, 9.17) is 52.0 Å². The predicted octanol–water partition coefficient (Wildman–Crippen LogP) is 19.9. The molecular formula is C111H167NO26S4. The molecule has 2 aliphatic heterocycles. The summed E-state index contributed by atoms with van der Waals surface area (Å²) >= 11 is 0. The first kappa shape index (κ1) is 114. The van der Waals surface area contributed by atoms with E-state index in [1.165, 1.54) is 85.3 Å². The number of carbonyl (C=O) groups excluding carboxylic acids is 8. The van der Waals surface area contributed by atoms with Crippen LogP contribution in [0.5, 0.6) is 0 Å². The molecule has 796 valence electrons. The highest BCUT2D eigenvalue weighted by Crippen LogP contribution is 2.66. The lowest BCUT2D eigenvalue weighted by Crippen LogP contribution is -2.63. The summed E-state index contributed by atoms with van der Waals surface area (Å²) in [5.41, 5.74) is 1.87. The Kier molecular flexibility index (Phi) is 36.2. The van der Waals surface area contributed by atoms with Crippen molar-refractivity contribution in [2.24, 2.45) is 133 Å². The van der Waals surface area contributed by atoms with E-state index in [0.29, 0.717) is 92.3 Å². The smallest absolute Gasteiger partial charge is 0.344 e. The molecule has 27 nitrogen and oxygen atoms in total. The zero-order chi connectivity index (χ0) is 104. The summed E-state index contributed by atoms with van der Waals surface area (Å²) in [4.78, 5) is 101. The first-order valence-electron chi connectivity index (χ1n) is 53.0. The van der Waals surface area contributed by atoms with Gasteiger partial charge in [-0.3, -0.25) is 37.1 Å². The molecule has 16 saturated carbocycles. The van der Waals surface area contributed by atoms with Crippen molar-refractivity contribution in [2.75, 3.05) is 32.3 Å². The summed E-state index contributed by atoms with van der Waals surface area (Å²) in [6.45, 7) is 42.3. The van der Waals surface area contributed by atoms with Crippen LogP contribution in [0.15, 0.2) is 106 Å². The quantitative estimate of drug-likeness (QED) is 0.0156. The van der Waals surface area contributed by atoms with E-state index in [1.807, 2.05) is 69.2 Å². The number of hydrogen-bond acceptors (Lipinski definition) is 27. The van der Waals surface area contributed by atoms with Gasteiger partial charge in [0.2, 0.25) is 0 Å². The SMILES string of the molecule is CCC(C)(C)C(=O)OC1(C(C)C)C2CC3CC(C2)CC1C3.CCC(C)(C)C(=O)OC1(C(C)C)C2CC3CC(C2)CC1C3.CCC(C)(C)C(=O)OC12CC3CC(CC(OCN)(C3)C1)C2.CCC(C)(C)C(=O)OCC(=O)OC1C2CC3C1OS(=O)(=O)C3C2.CCC(C)(C)C(=O)OCC(=O)OC1C2CC3C1OS(=O)(=O)C3C2.CCC(C)(C)C(=O)OCCS(=O)(=O)[O-].c1ccc([S+](c2ccccc2)c2ccccc2)cc1. The Hall–Kier alpha value is -6.58. The van der Waals surface area contributed by atoms with Crippen molar-refractivity contribution in [1.82, 2.24) is 0 Å². The minimum Gasteiger partial charge on any atom is -0.748 e. The molecule has 2 N–H and O–H groups in total. The number of hydrogen-bond donors (Lipinski definition) is 1. The standard InChI is InChI=1S/2C19H32O2.C18H15S.C17H29NO3.2C15H22O7S.C8H16O5S/c2*1-6-18(4,5)17(20)21-19(12(2)3)15-8-13-7-14(10-15)11-16(19)9-13;1-4-10-16(11-5-1)19(17-12-6-2-7-13-17)18-14-8-3-9-15-18;1-4-15(2,3)14(19)21-17-8-12-5-13(9-17)7-16(6-12,10-17)20-11-18;2*1-4-15(2,3)14(17)20-7-11(16)21-12-8-5-9-10(6-8)23(18,19)22-13(9)12;1-4-8(2,3)7(9)13-5-6-14(10,11)12/h2*12-16H,6-11H2,1-5H3;1-15H;12-13H,4-11,18H2,1-3H3;2*8-10,12-13H,4-7H2,1-3H3;4-6H2,1-3H3,(H,10,11,12)/q;;+1;;;;/p-1. The first-order chi connectivity index (χ1) is 66.3. The van der Waals surface area contributed by atoms with Gasteiger partial charge in [0, 0.05) is 30.1 Å². The largest absolute Gasteiger partial charge is 0.748 e. The fourth-order valence-corrected chi connectivity index (χ4v) is 32.4. The summed E-state index contributed by atoms with van der Waals surface area (Å²) in [6, 6.07) is 32.2. The number of esters is 8. The lowest BCUT2D eigenvalue weighted by molar-refractivity contribution is -0.237. The summed E-state index contributed by atoms with van der Waals surface area (Å²) in [5.74, 6) is 4.77. The van der Waals surface area contributed by atoms with Gasteiger partial charge in [-0.2, -0.15) is 16.8 Å². The van der Waals surface area contributed by atoms with Gasteiger partial charge in [-0.25, -0.2) is 18.0 Å². The lowest BCUT2D eigenvalue weighted by Gasteiger charge is -2.62. The van der Waals surface area contributed by atoms with Crippen LogP contribution >= 0.6 is 0 Å². The second-order valence-electron chi connectivity index (χ2n) is 48.5. The predicted molar refractivity (Wildman–Crippen MR) is 538 cm³/mol. The molecule has 16 aliphatic carbocycles. The Bertz CT molecular complexity index is 4870. The molecule has 142 heavy (non-hydrogen) atoms. The van der Waals surface area contributed by atoms with Gasteiger partial charge in [0.15, 0.2) is 27.9 Å². The second-order valence-corrected chi connectivity index (χ2v) is 55.7. The van der Waals surface area contributed by atoms with Crippen molar-refractivity contribution < 1.29 is 119 Å². The molecule has 0 radical (unpaired) electrons. The van der Waals surface area contributed by atoms with Crippen LogP contribution in [0.4, 0.5) is 0 Å². The highest BCUT2D eigenvalue weighted by atomic mass is 32.2. The van der Waals surface area contributed by atoms with E-state index < -0.39 is 136 Å². The zero-order valence-corrected chi connectivity index (χ0v) is 91.9. The van der Waals surface area contributed by atoms with E-state index in [9.17, 15) is 68.2 Å². The van der Waals surface area contributed by atoms with Crippen molar-refractivity contribution in [1.29, 1.82) is 0 Å². The van der Waals surface area contributed by atoms with E-state index in [2.05, 4.69) is 137 Å². The molecule has 12 unspecified atom stereocenters. The second kappa shape index (κ2) is 45.1. The van der Waals surface area contributed by atoms with Crippen LogP contribution in [0, 0.1) is 127 Å². The van der Waals surface area contributed by atoms with Gasteiger partial charge in [0.05, 0.1) is 82.1 Å². The molecule has 18 fully saturated rings. The number of fused-ring (bicyclic) bond motifs is 2. The van der Waals surface area contributed by atoms with Crippen LogP contribution in [0.25, 0.3) is 0 Å². The zero-order valence-electron chi connectivity index (χ0n) is 88.6. The first-order valence-corrected chi connectivity index (χ1v) is 58.7. The highest BCUT2D eigenvalue weighted by molar-refractivity contribution is 7.97. The Morgan fingerprint density at radius 1 is 0.408 bits per heavy atom. The molecule has 12 atom stereocenters. The Morgan fingerprint density at radius 3 is 0.993 bits per heavy atom. The number of rotatable bonds is 31. The molecule has 0 spiro atoms. The van der Waals surface area contributed by atoms with Gasteiger partial charge >= 0.3 is 47.8 Å². The fourth-order valence-electron chi connectivity index (χ4n) is 26.3. The molecule has 31 heteroatoms. The van der Waals surface area contributed by atoms with Gasteiger partial charge in [-0.05, 0) is 351 Å². The molecule has 21 rings (SSSR count). The molecule has 3 aromatic carbocycles. The van der Waals surface area contributed by atoms with Crippen LogP contribution < -0.4 is 5.73 Å². The molecule has 0 amide bonds. The van der Waals surface area contributed by atoms with Crippen molar-refractivity contribution in [3.05, 3.63) is 91.0 Å². The normalized spacial score (nSPS) is 33.0. The van der Waals surface area contributed by atoms with Crippen LogP contribution in [0.3, 0.4) is 0 Å². The van der Waals surface area contributed by atoms with E-state index in [0.717, 1.165) is 75.0 Å². The maximum Gasteiger partial charge on any atom is 0.344 e. The van der Waals surface area contributed by atoms with Crippen molar-refractivity contribution >= 4 is 89.0 Å². The Labute approximate surface area is 850 Å². The third kappa shape index (κ3) is 25.4. The molecule has 2 heterocycles. The number of benzene rings is 3. The summed E-state index contributed by atoms with van der Waals surface area (Å²) in [5, 5.41) is -0.897. The van der Waals surface area contributed by atoms with E-state index >= 15 is 0 Å². The van der Waals surface area contributed by atoms with Crippen LogP contribution in [0.2, 0.25) is 0 Å². The maximum atomic E-state index is 12.8. The lowest BCUT2D eigenvalue weighted by atomic mass is 9.47. The monoisotopic (exact) mass is 2060 g/mol. The van der Waals surface area contributed by atoms with Gasteiger partial charge in [0.25, 0.3) is 20.2 Å². The topological polar surface area (TPSA) is 390 Å². The van der Waals surface area contributed by atoms with E-state index in [-0.39, 0.29) is 99.0 Å². The molecular weight excluding hydrogens is 1890 g/mol. The number of carbonyl (C=O) groups is 8. The molecule has 0 aromatic heterocycles. The van der Waals surface area contributed by atoms with Crippen LogP contribution in [-0.2, 0) is 131 Å². The third-order valence-electron chi connectivity index (χ3n) is 36.0. The van der Waals surface area contributed by atoms with Gasteiger partial charge in [-0.1, -0.05) is 124 Å². The Balaban J connectivity index is 0.000000149. The van der Waals surface area contributed by atoms with Gasteiger partial charge < -0.3 is 52.9 Å². The molecule has 3 aromatic rings. The van der Waals surface area contributed by atoms with Gasteiger partial charge in [-0.15, -0.1) is 0 Å². The highest BCUT2D eigenvalue weighted by Gasteiger charge is 2.69. The average Bonchev–Trinajstić information content (AvgIpc) is 1.43. The number of ether oxygens (including phenoxy) is 9. The fraction of sp³-hybridized carbons (Fsp3) is 0.766.